The molecule has 1 fully saturated rings. The van der Waals surface area contributed by atoms with Gasteiger partial charge < -0.3 is 25.0 Å². The highest BCUT2D eigenvalue weighted by Gasteiger charge is 2.31. The molecule has 1 unspecified atom stereocenters. The number of nitriles is 1. The van der Waals surface area contributed by atoms with Crippen molar-refractivity contribution < 1.29 is 27.8 Å². The van der Waals surface area contributed by atoms with Gasteiger partial charge in [0.15, 0.2) is 0 Å². The second-order valence-corrected chi connectivity index (χ2v) is 9.92. The van der Waals surface area contributed by atoms with E-state index in [-0.39, 0.29) is 11.7 Å². The van der Waals surface area contributed by atoms with Crippen molar-refractivity contribution in [3.63, 3.8) is 0 Å². The zero-order valence-electron chi connectivity index (χ0n) is 21.6. The standard InChI is InChI=1S/C29H33F3N4O3/c30-29(31,32)39-23-9-4-6-21(17-23)24(12-15-34-13-5-14-35-28(37)38)26-19-36(22-7-2-1-3-8-22)27-11-10-20(18-33)16-25(26)27/h4,6,9-11,16-17,19,22,24,34-35H,1-3,5,7-8,12-15H2,(H,37,38). The minimum absolute atomic E-state index is 0.257. The van der Waals surface area contributed by atoms with Gasteiger partial charge in [0.2, 0.25) is 0 Å². The maximum absolute atomic E-state index is 13.0. The van der Waals surface area contributed by atoms with Crippen LogP contribution in [0.1, 0.15) is 73.6 Å². The number of benzene rings is 2. The Morgan fingerprint density at radius 3 is 2.64 bits per heavy atom. The lowest BCUT2D eigenvalue weighted by Crippen LogP contribution is -2.26. The minimum Gasteiger partial charge on any atom is -0.465 e. The van der Waals surface area contributed by atoms with Crippen LogP contribution in [0.15, 0.2) is 48.7 Å². The van der Waals surface area contributed by atoms with E-state index >= 15 is 0 Å². The first-order valence-corrected chi connectivity index (χ1v) is 13.3. The molecule has 0 spiro atoms. The van der Waals surface area contributed by atoms with Gasteiger partial charge in [-0.05, 0) is 80.2 Å². The van der Waals surface area contributed by atoms with E-state index in [1.54, 1.807) is 6.07 Å². The number of rotatable bonds is 11. The summed E-state index contributed by atoms with van der Waals surface area (Å²) in [6.45, 7) is 1.48. The lowest BCUT2D eigenvalue weighted by atomic mass is 9.88. The normalized spacial score (nSPS) is 15.1. The van der Waals surface area contributed by atoms with Gasteiger partial charge in [0.05, 0.1) is 11.6 Å². The molecule has 208 valence electrons. The maximum Gasteiger partial charge on any atom is 0.573 e. The Balaban J connectivity index is 1.68. The number of ether oxygens (including phenoxy) is 1. The van der Waals surface area contributed by atoms with Crippen molar-refractivity contribution in [1.82, 2.24) is 15.2 Å². The van der Waals surface area contributed by atoms with Crippen LogP contribution in [0.4, 0.5) is 18.0 Å². The van der Waals surface area contributed by atoms with Crippen molar-refractivity contribution in [2.75, 3.05) is 19.6 Å². The van der Waals surface area contributed by atoms with E-state index in [4.69, 9.17) is 5.11 Å². The quantitative estimate of drug-likeness (QED) is 0.235. The Morgan fingerprint density at radius 1 is 1.13 bits per heavy atom. The first kappa shape index (κ1) is 28.3. The summed E-state index contributed by atoms with van der Waals surface area (Å²) in [6.07, 6.45) is 3.10. The van der Waals surface area contributed by atoms with E-state index in [1.807, 2.05) is 24.3 Å². The number of alkyl halides is 3. The molecule has 2 aromatic carbocycles. The first-order valence-electron chi connectivity index (χ1n) is 13.3. The Labute approximate surface area is 225 Å². The molecule has 39 heavy (non-hydrogen) atoms. The maximum atomic E-state index is 13.0. The number of carboxylic acid groups (broad SMARTS) is 1. The molecule has 1 aliphatic rings. The molecule has 3 aromatic rings. The average molecular weight is 543 g/mol. The van der Waals surface area contributed by atoms with E-state index < -0.39 is 12.5 Å². The molecule has 10 heteroatoms. The monoisotopic (exact) mass is 542 g/mol. The van der Waals surface area contributed by atoms with Gasteiger partial charge in [0.1, 0.15) is 5.75 Å². The van der Waals surface area contributed by atoms with Crippen LogP contribution in [0.2, 0.25) is 0 Å². The number of aromatic nitrogens is 1. The van der Waals surface area contributed by atoms with Gasteiger partial charge >= 0.3 is 12.5 Å². The first-order chi connectivity index (χ1) is 18.7. The van der Waals surface area contributed by atoms with Crippen LogP contribution < -0.4 is 15.4 Å². The summed E-state index contributed by atoms with van der Waals surface area (Å²) in [5.41, 5.74) is 3.21. The van der Waals surface area contributed by atoms with Crippen LogP contribution in [-0.4, -0.2) is 41.8 Å². The highest BCUT2D eigenvalue weighted by atomic mass is 19.4. The number of fused-ring (bicyclic) bond motifs is 1. The predicted octanol–water partition coefficient (Wildman–Crippen LogP) is 6.69. The largest absolute Gasteiger partial charge is 0.573 e. The van der Waals surface area contributed by atoms with Crippen molar-refractivity contribution >= 4 is 17.0 Å². The molecule has 1 aliphatic carbocycles. The number of nitrogens with zero attached hydrogens (tertiary/aromatic N) is 2. The highest BCUT2D eigenvalue weighted by Crippen LogP contribution is 2.40. The molecule has 1 atom stereocenters. The second kappa shape index (κ2) is 12.9. The Morgan fingerprint density at radius 2 is 1.92 bits per heavy atom. The van der Waals surface area contributed by atoms with Gasteiger partial charge in [-0.15, -0.1) is 13.2 Å². The number of amides is 1. The summed E-state index contributed by atoms with van der Waals surface area (Å²) in [6, 6.07) is 14.3. The van der Waals surface area contributed by atoms with Crippen LogP contribution in [0.25, 0.3) is 10.9 Å². The van der Waals surface area contributed by atoms with Crippen LogP contribution >= 0.6 is 0 Å². The lowest BCUT2D eigenvalue weighted by Gasteiger charge is -2.24. The highest BCUT2D eigenvalue weighted by molar-refractivity contribution is 5.86. The fourth-order valence-electron chi connectivity index (χ4n) is 5.50. The molecule has 0 aliphatic heterocycles. The predicted molar refractivity (Wildman–Crippen MR) is 142 cm³/mol. The van der Waals surface area contributed by atoms with Gasteiger partial charge in [-0.25, -0.2) is 4.79 Å². The second-order valence-electron chi connectivity index (χ2n) is 9.92. The molecule has 1 aromatic heterocycles. The van der Waals surface area contributed by atoms with E-state index in [1.165, 1.54) is 18.6 Å². The SMILES string of the molecule is N#Cc1ccc2c(c1)c(C(CCNCCCNC(=O)O)c1cccc(OC(F)(F)F)c1)cn2C1CCCCC1. The Hall–Kier alpha value is -3.71. The van der Waals surface area contributed by atoms with Gasteiger partial charge in [-0.3, -0.25) is 0 Å². The van der Waals surface area contributed by atoms with Crippen LogP contribution in [0.5, 0.6) is 5.75 Å². The summed E-state index contributed by atoms with van der Waals surface area (Å²) < 4.78 is 45.5. The number of nitrogens with one attached hydrogen (secondary N) is 2. The molecule has 3 N–H and O–H groups in total. The Kier molecular flexibility index (Phi) is 9.36. The van der Waals surface area contributed by atoms with Crippen molar-refractivity contribution in [2.24, 2.45) is 0 Å². The van der Waals surface area contributed by atoms with Crippen LogP contribution in [-0.2, 0) is 0 Å². The van der Waals surface area contributed by atoms with Gasteiger partial charge in [-0.1, -0.05) is 31.4 Å². The molecule has 1 saturated carbocycles. The number of carbonyl (C=O) groups is 1. The summed E-state index contributed by atoms with van der Waals surface area (Å²) in [7, 11) is 0. The molecule has 1 heterocycles. The zero-order valence-corrected chi connectivity index (χ0v) is 21.6. The van der Waals surface area contributed by atoms with Crippen LogP contribution in [0.3, 0.4) is 0 Å². The van der Waals surface area contributed by atoms with Crippen molar-refractivity contribution in [3.05, 3.63) is 65.4 Å². The number of hydrogen-bond acceptors (Lipinski definition) is 4. The molecular formula is C29H33F3N4O3. The molecule has 1 amide bonds. The molecule has 7 nitrogen and oxygen atoms in total. The zero-order chi connectivity index (χ0) is 27.8. The smallest absolute Gasteiger partial charge is 0.465 e. The Bertz CT molecular complexity index is 1310. The summed E-state index contributed by atoms with van der Waals surface area (Å²) in [4.78, 5) is 10.6. The third kappa shape index (κ3) is 7.67. The summed E-state index contributed by atoms with van der Waals surface area (Å²) in [5.74, 6) is -0.529. The molecule has 0 saturated heterocycles. The van der Waals surface area contributed by atoms with Gasteiger partial charge in [0, 0.05) is 35.6 Å². The van der Waals surface area contributed by atoms with Crippen molar-refractivity contribution in [2.45, 2.75) is 63.3 Å². The molecule has 0 bridgehead atoms. The van der Waals surface area contributed by atoms with Gasteiger partial charge in [-0.2, -0.15) is 5.26 Å². The third-order valence-electron chi connectivity index (χ3n) is 7.25. The van der Waals surface area contributed by atoms with E-state index in [9.17, 15) is 23.2 Å². The van der Waals surface area contributed by atoms with E-state index in [0.717, 1.165) is 42.1 Å². The number of hydrogen-bond donors (Lipinski definition) is 3. The van der Waals surface area contributed by atoms with Gasteiger partial charge in [0.25, 0.3) is 0 Å². The van der Waals surface area contributed by atoms with Crippen molar-refractivity contribution in [1.29, 1.82) is 5.26 Å². The summed E-state index contributed by atoms with van der Waals surface area (Å²) >= 11 is 0. The van der Waals surface area contributed by atoms with Crippen LogP contribution in [0, 0.1) is 11.3 Å². The number of halogens is 3. The molecule has 4 rings (SSSR count). The minimum atomic E-state index is -4.79. The fraction of sp³-hybridized carbons (Fsp3) is 0.448. The topological polar surface area (TPSA) is 99.3 Å². The van der Waals surface area contributed by atoms with Crippen molar-refractivity contribution in [3.8, 4) is 11.8 Å². The molecule has 0 radical (unpaired) electrons. The molecular weight excluding hydrogens is 509 g/mol. The third-order valence-corrected chi connectivity index (χ3v) is 7.25. The van der Waals surface area contributed by atoms with E-state index in [0.29, 0.717) is 49.6 Å². The van der Waals surface area contributed by atoms with E-state index in [2.05, 4.69) is 32.2 Å². The lowest BCUT2D eigenvalue weighted by molar-refractivity contribution is -0.274. The average Bonchev–Trinajstić information content (AvgIpc) is 3.28. The fourth-order valence-corrected chi connectivity index (χ4v) is 5.50. The summed E-state index contributed by atoms with van der Waals surface area (Å²) in [5, 5.41) is 24.9.